The highest BCUT2D eigenvalue weighted by Gasteiger charge is 2.08. The van der Waals surface area contributed by atoms with Crippen LogP contribution in [0.1, 0.15) is 16.7 Å². The minimum absolute atomic E-state index is 0.335. The Morgan fingerprint density at radius 1 is 0.857 bits per heavy atom. The fraction of sp³-hybridized carbons (Fsp3) is 0.217. The lowest BCUT2D eigenvalue weighted by atomic mass is 10.1. The molecule has 0 saturated carbocycles. The van der Waals surface area contributed by atoms with Crippen molar-refractivity contribution in [2.45, 2.75) is 19.6 Å². The molecule has 5 heteroatoms. The molecule has 0 atom stereocenters. The molecule has 0 heterocycles. The zero-order valence-corrected chi connectivity index (χ0v) is 17.3. The molecule has 0 aliphatic rings. The molecule has 3 aromatic rings. The zero-order chi connectivity index (χ0) is 19.8. The van der Waals surface area contributed by atoms with Gasteiger partial charge in [-0.1, -0.05) is 59.6 Å². The summed E-state index contributed by atoms with van der Waals surface area (Å²) in [5, 5.41) is 4.70. The summed E-state index contributed by atoms with van der Waals surface area (Å²) in [4.78, 5) is 0. The first-order valence-corrected chi connectivity index (χ1v) is 9.90. The highest BCUT2D eigenvalue weighted by Crippen LogP contribution is 2.27. The van der Waals surface area contributed by atoms with Crippen molar-refractivity contribution in [3.8, 4) is 11.5 Å². The Morgan fingerprint density at radius 2 is 1.57 bits per heavy atom. The Bertz CT molecular complexity index is 877. The van der Waals surface area contributed by atoms with Crippen LogP contribution < -0.4 is 14.8 Å². The summed E-state index contributed by atoms with van der Waals surface area (Å²) in [6.45, 7) is 1.93. The zero-order valence-electron chi connectivity index (χ0n) is 15.8. The summed E-state index contributed by atoms with van der Waals surface area (Å²) < 4.78 is 11.2. The normalized spacial score (nSPS) is 10.7. The number of methoxy groups -OCH3 is 1. The molecule has 0 saturated heterocycles. The monoisotopic (exact) mass is 415 g/mol. The van der Waals surface area contributed by atoms with Gasteiger partial charge in [-0.05, 0) is 48.9 Å². The van der Waals surface area contributed by atoms with E-state index in [0.29, 0.717) is 16.7 Å². The number of hydrogen-bond acceptors (Lipinski definition) is 3. The van der Waals surface area contributed by atoms with Gasteiger partial charge < -0.3 is 14.8 Å². The maximum atomic E-state index is 6.23. The van der Waals surface area contributed by atoms with Crippen LogP contribution >= 0.6 is 23.2 Å². The molecule has 146 valence electrons. The quantitative estimate of drug-likeness (QED) is 0.440. The van der Waals surface area contributed by atoms with Crippen molar-refractivity contribution in [3.63, 3.8) is 0 Å². The van der Waals surface area contributed by atoms with Crippen molar-refractivity contribution in [2.75, 3.05) is 13.7 Å². The van der Waals surface area contributed by atoms with Crippen molar-refractivity contribution in [2.24, 2.45) is 0 Å². The topological polar surface area (TPSA) is 30.5 Å². The number of benzene rings is 3. The Kier molecular flexibility index (Phi) is 7.61. The summed E-state index contributed by atoms with van der Waals surface area (Å²) >= 11 is 12.5. The minimum Gasteiger partial charge on any atom is -0.497 e. The number of halogens is 2. The van der Waals surface area contributed by atoms with Crippen LogP contribution in [0.25, 0.3) is 0 Å². The van der Waals surface area contributed by atoms with E-state index in [4.69, 9.17) is 32.7 Å². The molecular formula is C23H23Cl2NO2. The summed E-state index contributed by atoms with van der Waals surface area (Å²) in [5.41, 5.74) is 3.17. The molecule has 28 heavy (non-hydrogen) atoms. The van der Waals surface area contributed by atoms with E-state index in [0.717, 1.165) is 42.1 Å². The van der Waals surface area contributed by atoms with Crippen molar-refractivity contribution >= 4 is 23.2 Å². The molecule has 0 spiro atoms. The van der Waals surface area contributed by atoms with E-state index in [2.05, 4.69) is 23.5 Å². The highest BCUT2D eigenvalue weighted by atomic mass is 35.5. The third-order valence-electron chi connectivity index (χ3n) is 4.47. The first-order valence-electron chi connectivity index (χ1n) is 9.14. The molecule has 0 radical (unpaired) electrons. The number of rotatable bonds is 9. The second kappa shape index (κ2) is 10.4. The molecular weight excluding hydrogens is 393 g/mol. The van der Waals surface area contributed by atoms with Gasteiger partial charge >= 0.3 is 0 Å². The number of hydrogen-bond donors (Lipinski definition) is 1. The van der Waals surface area contributed by atoms with Crippen LogP contribution in [0.4, 0.5) is 0 Å². The Balaban J connectivity index is 1.53. The predicted molar refractivity (Wildman–Crippen MR) is 116 cm³/mol. The second-order valence-corrected chi connectivity index (χ2v) is 7.19. The summed E-state index contributed by atoms with van der Waals surface area (Å²) in [7, 11) is 1.68. The van der Waals surface area contributed by atoms with E-state index >= 15 is 0 Å². The van der Waals surface area contributed by atoms with E-state index < -0.39 is 0 Å². The molecule has 0 bridgehead atoms. The lowest BCUT2D eigenvalue weighted by Crippen LogP contribution is -2.17. The molecule has 1 N–H and O–H groups in total. The molecule has 3 nitrogen and oxygen atoms in total. The van der Waals surface area contributed by atoms with E-state index in [1.165, 1.54) is 5.56 Å². The standard InChI is InChI=1S/C23H23Cl2NO2/c1-27-19-11-9-17(10-12-19)13-14-26-15-18-5-2-3-8-23(18)28-16-20-21(24)6-4-7-22(20)25/h2-12,26H,13-16H2,1H3. The molecule has 0 aromatic heterocycles. The van der Waals surface area contributed by atoms with Crippen molar-refractivity contribution in [1.82, 2.24) is 5.32 Å². The summed E-state index contributed by atoms with van der Waals surface area (Å²) in [5.74, 6) is 1.71. The highest BCUT2D eigenvalue weighted by molar-refractivity contribution is 6.35. The van der Waals surface area contributed by atoms with Crippen LogP contribution in [-0.2, 0) is 19.6 Å². The maximum Gasteiger partial charge on any atom is 0.124 e. The first-order chi connectivity index (χ1) is 13.7. The first kappa shape index (κ1) is 20.5. The van der Waals surface area contributed by atoms with Gasteiger partial charge in [-0.25, -0.2) is 0 Å². The van der Waals surface area contributed by atoms with Gasteiger partial charge in [-0.2, -0.15) is 0 Å². The Labute approximate surface area is 176 Å². The SMILES string of the molecule is COc1ccc(CCNCc2ccccc2OCc2c(Cl)cccc2Cl)cc1. The van der Waals surface area contributed by atoms with Gasteiger partial charge in [0.15, 0.2) is 0 Å². The largest absolute Gasteiger partial charge is 0.497 e. The van der Waals surface area contributed by atoms with Gasteiger partial charge in [0.1, 0.15) is 18.1 Å². The summed E-state index contributed by atoms with van der Waals surface area (Å²) in [6.07, 6.45) is 0.947. The number of nitrogens with one attached hydrogen (secondary N) is 1. The van der Waals surface area contributed by atoms with Gasteiger partial charge in [0.05, 0.1) is 7.11 Å². The van der Waals surface area contributed by atoms with Crippen LogP contribution in [-0.4, -0.2) is 13.7 Å². The lowest BCUT2D eigenvalue weighted by Gasteiger charge is -2.14. The van der Waals surface area contributed by atoms with Crippen molar-refractivity contribution in [3.05, 3.63) is 93.5 Å². The summed E-state index contributed by atoms with van der Waals surface area (Å²) in [6, 6.07) is 21.6. The van der Waals surface area contributed by atoms with Crippen molar-refractivity contribution < 1.29 is 9.47 Å². The predicted octanol–water partition coefficient (Wildman–Crippen LogP) is 5.91. The lowest BCUT2D eigenvalue weighted by molar-refractivity contribution is 0.302. The molecule has 3 aromatic carbocycles. The molecule has 0 aliphatic carbocycles. The van der Waals surface area contributed by atoms with Crippen LogP contribution in [0.2, 0.25) is 10.0 Å². The van der Waals surface area contributed by atoms with Crippen molar-refractivity contribution in [1.29, 1.82) is 0 Å². The Hall–Kier alpha value is -2.20. The van der Waals surface area contributed by atoms with E-state index in [1.807, 2.05) is 48.5 Å². The third kappa shape index (κ3) is 5.65. The van der Waals surface area contributed by atoms with Gasteiger partial charge in [-0.3, -0.25) is 0 Å². The molecule has 3 rings (SSSR count). The average Bonchev–Trinajstić information content (AvgIpc) is 2.72. The molecule has 0 fully saturated rings. The Morgan fingerprint density at radius 3 is 2.29 bits per heavy atom. The smallest absolute Gasteiger partial charge is 0.124 e. The fourth-order valence-corrected chi connectivity index (χ4v) is 3.37. The van der Waals surface area contributed by atoms with Crippen LogP contribution in [0.5, 0.6) is 11.5 Å². The maximum absolute atomic E-state index is 6.23. The van der Waals surface area contributed by atoms with Gasteiger partial charge in [0.25, 0.3) is 0 Å². The molecule has 0 aliphatic heterocycles. The second-order valence-electron chi connectivity index (χ2n) is 6.37. The van der Waals surface area contributed by atoms with E-state index in [1.54, 1.807) is 7.11 Å². The number of para-hydroxylation sites is 1. The average molecular weight is 416 g/mol. The van der Waals surface area contributed by atoms with Crippen LogP contribution in [0, 0.1) is 0 Å². The third-order valence-corrected chi connectivity index (χ3v) is 5.18. The van der Waals surface area contributed by atoms with Gasteiger partial charge in [-0.15, -0.1) is 0 Å². The van der Waals surface area contributed by atoms with E-state index in [9.17, 15) is 0 Å². The fourth-order valence-electron chi connectivity index (χ4n) is 2.86. The molecule has 0 amide bonds. The number of ether oxygens (including phenoxy) is 2. The van der Waals surface area contributed by atoms with Gasteiger partial charge in [0, 0.05) is 27.7 Å². The van der Waals surface area contributed by atoms with Crippen LogP contribution in [0.15, 0.2) is 66.7 Å². The van der Waals surface area contributed by atoms with Crippen LogP contribution in [0.3, 0.4) is 0 Å². The van der Waals surface area contributed by atoms with E-state index in [-0.39, 0.29) is 0 Å². The molecule has 0 unspecified atom stereocenters. The minimum atomic E-state index is 0.335. The van der Waals surface area contributed by atoms with Gasteiger partial charge in [0.2, 0.25) is 0 Å².